The van der Waals surface area contributed by atoms with Crippen LogP contribution in [0.3, 0.4) is 0 Å². The van der Waals surface area contributed by atoms with Crippen molar-refractivity contribution in [3.63, 3.8) is 0 Å². The lowest BCUT2D eigenvalue weighted by Gasteiger charge is -2.02. The minimum Gasteiger partial charge on any atom is -0.427 e. The molecular formula is C16H13NO2S. The first-order valence-corrected chi connectivity index (χ1v) is 7.24. The van der Waals surface area contributed by atoms with Gasteiger partial charge in [-0.25, -0.2) is 4.98 Å². The number of nitrogens with zero attached hydrogens (tertiary/aromatic N) is 1. The van der Waals surface area contributed by atoms with E-state index in [-0.39, 0.29) is 5.97 Å². The lowest BCUT2D eigenvalue weighted by atomic mass is 10.2. The third-order valence-corrected chi connectivity index (χ3v) is 4.00. The van der Waals surface area contributed by atoms with Crippen molar-refractivity contribution in [2.24, 2.45) is 0 Å². The Bertz CT molecular complexity index is 714. The van der Waals surface area contributed by atoms with Crippen molar-refractivity contribution in [2.75, 3.05) is 0 Å². The van der Waals surface area contributed by atoms with Crippen molar-refractivity contribution in [3.8, 4) is 16.3 Å². The number of hydrogen-bond donors (Lipinski definition) is 0. The Balaban J connectivity index is 1.88. The number of ether oxygens (including phenoxy) is 1. The van der Waals surface area contributed by atoms with Crippen LogP contribution in [0.5, 0.6) is 5.75 Å². The number of esters is 1. The molecule has 1 heterocycles. The smallest absolute Gasteiger partial charge is 0.310 e. The fourth-order valence-electron chi connectivity index (χ4n) is 1.86. The van der Waals surface area contributed by atoms with Crippen LogP contribution < -0.4 is 4.74 Å². The van der Waals surface area contributed by atoms with Gasteiger partial charge in [0, 0.05) is 12.0 Å². The minimum absolute atomic E-state index is 0.224. The van der Waals surface area contributed by atoms with Crippen molar-refractivity contribution in [1.82, 2.24) is 4.98 Å². The summed E-state index contributed by atoms with van der Waals surface area (Å²) in [5.74, 6) is 0.347. The van der Waals surface area contributed by atoms with E-state index in [9.17, 15) is 4.79 Å². The Morgan fingerprint density at radius 1 is 1.15 bits per heavy atom. The summed E-state index contributed by atoms with van der Waals surface area (Å²) in [6.07, 6.45) is 0.375. The van der Waals surface area contributed by atoms with Gasteiger partial charge in [0.1, 0.15) is 10.8 Å². The summed E-state index contributed by atoms with van der Waals surface area (Å²) >= 11 is 1.66. The van der Waals surface area contributed by atoms with E-state index >= 15 is 0 Å². The average Bonchev–Trinajstić information content (AvgIpc) is 2.91. The van der Waals surface area contributed by atoms with Gasteiger partial charge in [0.25, 0.3) is 0 Å². The molecule has 100 valence electrons. The van der Waals surface area contributed by atoms with Gasteiger partial charge in [-0.3, -0.25) is 4.79 Å². The van der Waals surface area contributed by atoms with E-state index < -0.39 is 0 Å². The zero-order valence-electron chi connectivity index (χ0n) is 11.0. The van der Waals surface area contributed by atoms with Crippen LogP contribution in [0.25, 0.3) is 20.8 Å². The maximum atomic E-state index is 11.2. The highest BCUT2D eigenvalue weighted by atomic mass is 32.1. The Labute approximate surface area is 120 Å². The van der Waals surface area contributed by atoms with Crippen molar-refractivity contribution in [1.29, 1.82) is 0 Å². The molecule has 3 rings (SSSR count). The van der Waals surface area contributed by atoms with Crippen LogP contribution in [0.1, 0.15) is 13.3 Å². The Kier molecular flexibility index (Phi) is 3.48. The molecule has 1 aromatic heterocycles. The van der Waals surface area contributed by atoms with Crippen LogP contribution in [0.15, 0.2) is 48.5 Å². The van der Waals surface area contributed by atoms with Gasteiger partial charge in [0.15, 0.2) is 0 Å². The van der Waals surface area contributed by atoms with E-state index in [2.05, 4.69) is 11.1 Å². The third-order valence-electron chi connectivity index (χ3n) is 2.92. The van der Waals surface area contributed by atoms with E-state index in [4.69, 9.17) is 4.74 Å². The topological polar surface area (TPSA) is 39.2 Å². The lowest BCUT2D eigenvalue weighted by Crippen LogP contribution is -2.05. The van der Waals surface area contributed by atoms with Crippen LogP contribution in [0.2, 0.25) is 0 Å². The fourth-order valence-corrected chi connectivity index (χ4v) is 2.84. The summed E-state index contributed by atoms with van der Waals surface area (Å²) in [5.41, 5.74) is 2.04. The molecule has 0 amide bonds. The molecule has 0 aliphatic heterocycles. The van der Waals surface area contributed by atoms with E-state index in [1.54, 1.807) is 30.4 Å². The van der Waals surface area contributed by atoms with Gasteiger partial charge >= 0.3 is 5.97 Å². The highest BCUT2D eigenvalue weighted by molar-refractivity contribution is 7.21. The van der Waals surface area contributed by atoms with E-state index in [0.717, 1.165) is 16.1 Å². The lowest BCUT2D eigenvalue weighted by molar-refractivity contribution is -0.134. The van der Waals surface area contributed by atoms with E-state index in [0.29, 0.717) is 12.2 Å². The number of para-hydroxylation sites is 1. The SMILES string of the molecule is CCC(=O)Oc1ccc(-c2nc3ccccc3s2)cc1. The Morgan fingerprint density at radius 2 is 1.90 bits per heavy atom. The number of carbonyl (C=O) groups is 1. The van der Waals surface area contributed by atoms with Gasteiger partial charge in [0.05, 0.1) is 10.2 Å². The van der Waals surface area contributed by atoms with Crippen LogP contribution >= 0.6 is 11.3 Å². The molecule has 0 bridgehead atoms. The van der Waals surface area contributed by atoms with Gasteiger partial charge in [-0.15, -0.1) is 11.3 Å². The average molecular weight is 283 g/mol. The molecule has 0 fully saturated rings. The predicted molar refractivity (Wildman–Crippen MR) is 81.0 cm³/mol. The molecule has 0 saturated heterocycles. The number of benzene rings is 2. The zero-order valence-corrected chi connectivity index (χ0v) is 11.8. The second-order valence-electron chi connectivity index (χ2n) is 4.34. The summed E-state index contributed by atoms with van der Waals surface area (Å²) in [4.78, 5) is 15.8. The molecule has 0 N–H and O–H groups in total. The highest BCUT2D eigenvalue weighted by Gasteiger charge is 2.07. The van der Waals surface area contributed by atoms with E-state index in [1.807, 2.05) is 30.3 Å². The molecule has 0 aliphatic rings. The second-order valence-corrected chi connectivity index (χ2v) is 5.37. The molecule has 0 atom stereocenters. The number of aromatic nitrogens is 1. The maximum Gasteiger partial charge on any atom is 0.310 e. The summed E-state index contributed by atoms with van der Waals surface area (Å²) < 4.78 is 6.33. The van der Waals surface area contributed by atoms with Crippen molar-refractivity contribution < 1.29 is 9.53 Å². The first kappa shape index (κ1) is 12.8. The molecule has 2 aromatic carbocycles. The number of carbonyl (C=O) groups excluding carboxylic acids is 1. The van der Waals surface area contributed by atoms with Gasteiger partial charge in [-0.1, -0.05) is 19.1 Å². The Hall–Kier alpha value is -2.20. The van der Waals surface area contributed by atoms with Crippen LogP contribution in [-0.2, 0) is 4.79 Å². The monoisotopic (exact) mass is 283 g/mol. The van der Waals surface area contributed by atoms with Crippen LogP contribution in [0, 0.1) is 0 Å². The van der Waals surface area contributed by atoms with Crippen LogP contribution in [0.4, 0.5) is 0 Å². The normalized spacial score (nSPS) is 10.7. The molecule has 3 nitrogen and oxygen atoms in total. The first-order valence-electron chi connectivity index (χ1n) is 6.43. The molecule has 3 aromatic rings. The molecule has 4 heteroatoms. The second kappa shape index (κ2) is 5.43. The van der Waals surface area contributed by atoms with Crippen molar-refractivity contribution >= 4 is 27.5 Å². The Morgan fingerprint density at radius 3 is 2.60 bits per heavy atom. The molecule has 0 radical (unpaired) electrons. The standard InChI is InChI=1S/C16H13NO2S/c1-2-15(18)19-12-9-7-11(8-10-12)16-17-13-5-3-4-6-14(13)20-16/h3-10H,2H2,1H3. The zero-order chi connectivity index (χ0) is 13.9. The number of rotatable bonds is 3. The number of hydrogen-bond acceptors (Lipinski definition) is 4. The highest BCUT2D eigenvalue weighted by Crippen LogP contribution is 2.30. The third kappa shape index (κ3) is 2.56. The number of thiazole rings is 1. The molecule has 0 unspecified atom stereocenters. The first-order chi connectivity index (χ1) is 9.76. The van der Waals surface area contributed by atoms with Gasteiger partial charge in [-0.05, 0) is 36.4 Å². The largest absolute Gasteiger partial charge is 0.427 e. The summed E-state index contributed by atoms with van der Waals surface area (Å²) in [6, 6.07) is 15.5. The van der Waals surface area contributed by atoms with E-state index in [1.165, 1.54) is 4.70 Å². The summed E-state index contributed by atoms with van der Waals surface area (Å²) in [7, 11) is 0. The molecular weight excluding hydrogens is 270 g/mol. The van der Waals surface area contributed by atoms with Gasteiger partial charge in [0.2, 0.25) is 0 Å². The molecule has 0 saturated carbocycles. The molecule has 20 heavy (non-hydrogen) atoms. The quantitative estimate of drug-likeness (QED) is 0.532. The molecule has 0 aliphatic carbocycles. The molecule has 0 spiro atoms. The summed E-state index contributed by atoms with van der Waals surface area (Å²) in [6.45, 7) is 1.78. The van der Waals surface area contributed by atoms with Gasteiger partial charge in [-0.2, -0.15) is 0 Å². The fraction of sp³-hybridized carbons (Fsp3) is 0.125. The predicted octanol–water partition coefficient (Wildman–Crippen LogP) is 4.28. The maximum absolute atomic E-state index is 11.2. The number of fused-ring (bicyclic) bond motifs is 1. The summed E-state index contributed by atoms with van der Waals surface area (Å²) in [5, 5.41) is 0.972. The van der Waals surface area contributed by atoms with Crippen molar-refractivity contribution in [2.45, 2.75) is 13.3 Å². The minimum atomic E-state index is -0.224. The van der Waals surface area contributed by atoms with Crippen LogP contribution in [-0.4, -0.2) is 11.0 Å². The van der Waals surface area contributed by atoms with Gasteiger partial charge < -0.3 is 4.74 Å². The van der Waals surface area contributed by atoms with Crippen molar-refractivity contribution in [3.05, 3.63) is 48.5 Å².